The largest absolute Gasteiger partial charge is 0.377 e. The second-order valence-corrected chi connectivity index (χ2v) is 5.48. The third-order valence-electron chi connectivity index (χ3n) is 3.51. The molecule has 0 amide bonds. The van der Waals surface area contributed by atoms with Crippen LogP contribution in [0.15, 0.2) is 12.1 Å². The number of morpholine rings is 1. The first kappa shape index (κ1) is 14.3. The van der Waals surface area contributed by atoms with Crippen molar-refractivity contribution in [2.75, 3.05) is 38.8 Å². The molecular weight excluding hydrogens is 238 g/mol. The SMILES string of the molecule is CCc1ccc(N2CCOCC2C)c(CN(C)C)n1. The van der Waals surface area contributed by atoms with Gasteiger partial charge < -0.3 is 14.5 Å². The molecule has 106 valence electrons. The van der Waals surface area contributed by atoms with Crippen molar-refractivity contribution in [2.24, 2.45) is 0 Å². The summed E-state index contributed by atoms with van der Waals surface area (Å²) in [4.78, 5) is 9.42. The lowest BCUT2D eigenvalue weighted by Crippen LogP contribution is -2.44. The van der Waals surface area contributed by atoms with Gasteiger partial charge in [0.25, 0.3) is 0 Å². The highest BCUT2D eigenvalue weighted by atomic mass is 16.5. The van der Waals surface area contributed by atoms with Crippen LogP contribution in [0.2, 0.25) is 0 Å². The van der Waals surface area contributed by atoms with Crippen LogP contribution in [0.4, 0.5) is 5.69 Å². The summed E-state index contributed by atoms with van der Waals surface area (Å²) in [5, 5.41) is 0. The standard InChI is InChI=1S/C15H25N3O/c1-5-13-6-7-15(14(16-13)10-17(3)4)18-8-9-19-11-12(18)2/h6-7,12H,5,8-11H2,1-4H3. The Balaban J connectivity index is 2.31. The van der Waals surface area contributed by atoms with Gasteiger partial charge in [-0.15, -0.1) is 0 Å². The van der Waals surface area contributed by atoms with E-state index in [0.29, 0.717) is 6.04 Å². The van der Waals surface area contributed by atoms with E-state index < -0.39 is 0 Å². The maximum Gasteiger partial charge on any atom is 0.0780 e. The molecule has 0 aliphatic carbocycles. The van der Waals surface area contributed by atoms with Crippen molar-refractivity contribution >= 4 is 5.69 Å². The molecule has 1 saturated heterocycles. The van der Waals surface area contributed by atoms with Gasteiger partial charge in [-0.25, -0.2) is 0 Å². The molecule has 1 fully saturated rings. The second-order valence-electron chi connectivity index (χ2n) is 5.48. The smallest absolute Gasteiger partial charge is 0.0780 e. The molecular formula is C15H25N3O. The summed E-state index contributed by atoms with van der Waals surface area (Å²) in [5.41, 5.74) is 3.61. The van der Waals surface area contributed by atoms with Gasteiger partial charge in [0.2, 0.25) is 0 Å². The van der Waals surface area contributed by atoms with Crippen LogP contribution in [-0.4, -0.2) is 49.8 Å². The second kappa shape index (κ2) is 6.35. The van der Waals surface area contributed by atoms with Gasteiger partial charge in [-0.05, 0) is 39.6 Å². The molecule has 0 spiro atoms. The molecule has 1 aliphatic rings. The molecule has 2 rings (SSSR count). The minimum absolute atomic E-state index is 0.420. The Labute approximate surface area is 116 Å². The van der Waals surface area contributed by atoms with Crippen LogP contribution >= 0.6 is 0 Å². The highest BCUT2D eigenvalue weighted by Gasteiger charge is 2.22. The third-order valence-corrected chi connectivity index (χ3v) is 3.51. The van der Waals surface area contributed by atoms with Gasteiger partial charge in [-0.3, -0.25) is 4.98 Å². The van der Waals surface area contributed by atoms with Crippen molar-refractivity contribution in [3.63, 3.8) is 0 Å². The Hall–Kier alpha value is -1.13. The fraction of sp³-hybridized carbons (Fsp3) is 0.667. The number of aryl methyl sites for hydroxylation is 1. The minimum Gasteiger partial charge on any atom is -0.377 e. The average Bonchev–Trinajstić information content (AvgIpc) is 2.39. The van der Waals surface area contributed by atoms with E-state index in [1.54, 1.807) is 0 Å². The van der Waals surface area contributed by atoms with E-state index >= 15 is 0 Å². The molecule has 19 heavy (non-hydrogen) atoms. The van der Waals surface area contributed by atoms with Gasteiger partial charge in [0.05, 0.1) is 24.6 Å². The van der Waals surface area contributed by atoms with Gasteiger partial charge in [0, 0.05) is 24.8 Å². The minimum atomic E-state index is 0.420. The van der Waals surface area contributed by atoms with Crippen LogP contribution in [0.25, 0.3) is 0 Å². The van der Waals surface area contributed by atoms with E-state index in [9.17, 15) is 0 Å². The fourth-order valence-electron chi connectivity index (χ4n) is 2.50. The molecule has 1 unspecified atom stereocenters. The maximum atomic E-state index is 5.53. The Morgan fingerprint density at radius 1 is 1.42 bits per heavy atom. The Morgan fingerprint density at radius 2 is 2.21 bits per heavy atom. The summed E-state index contributed by atoms with van der Waals surface area (Å²) < 4.78 is 5.53. The first-order valence-electron chi connectivity index (χ1n) is 7.09. The van der Waals surface area contributed by atoms with Crippen LogP contribution in [0.1, 0.15) is 25.2 Å². The van der Waals surface area contributed by atoms with Gasteiger partial charge in [-0.2, -0.15) is 0 Å². The first-order chi connectivity index (χ1) is 9.11. The number of pyridine rings is 1. The summed E-state index contributed by atoms with van der Waals surface area (Å²) in [6.45, 7) is 7.81. The lowest BCUT2D eigenvalue weighted by molar-refractivity contribution is 0.0987. The van der Waals surface area contributed by atoms with E-state index in [-0.39, 0.29) is 0 Å². The highest BCUT2D eigenvalue weighted by molar-refractivity contribution is 5.52. The lowest BCUT2D eigenvalue weighted by Gasteiger charge is -2.36. The molecule has 0 N–H and O–H groups in total. The van der Waals surface area contributed by atoms with E-state index in [0.717, 1.165) is 32.7 Å². The summed E-state index contributed by atoms with van der Waals surface area (Å²) in [6, 6.07) is 4.80. The molecule has 4 heteroatoms. The monoisotopic (exact) mass is 263 g/mol. The van der Waals surface area contributed by atoms with Crippen LogP contribution in [0.3, 0.4) is 0 Å². The van der Waals surface area contributed by atoms with Gasteiger partial charge >= 0.3 is 0 Å². The Bertz CT molecular complexity index is 420. The number of hydrogen-bond donors (Lipinski definition) is 0. The van der Waals surface area contributed by atoms with E-state index in [4.69, 9.17) is 9.72 Å². The van der Waals surface area contributed by atoms with Crippen LogP contribution in [-0.2, 0) is 17.7 Å². The average molecular weight is 263 g/mol. The molecule has 1 atom stereocenters. The van der Waals surface area contributed by atoms with Crippen molar-refractivity contribution in [1.82, 2.24) is 9.88 Å². The summed E-state index contributed by atoms with van der Waals surface area (Å²) in [6.07, 6.45) is 0.985. The van der Waals surface area contributed by atoms with E-state index in [1.165, 1.54) is 17.1 Å². The predicted molar refractivity (Wildman–Crippen MR) is 78.6 cm³/mol. The van der Waals surface area contributed by atoms with Crippen molar-refractivity contribution in [1.29, 1.82) is 0 Å². The van der Waals surface area contributed by atoms with Crippen molar-refractivity contribution < 1.29 is 4.74 Å². The molecule has 1 aromatic rings. The van der Waals surface area contributed by atoms with Crippen molar-refractivity contribution in [3.05, 3.63) is 23.5 Å². The fourth-order valence-corrected chi connectivity index (χ4v) is 2.50. The van der Waals surface area contributed by atoms with Crippen LogP contribution in [0, 0.1) is 0 Å². The van der Waals surface area contributed by atoms with Gasteiger partial charge in [0.15, 0.2) is 0 Å². The van der Waals surface area contributed by atoms with Crippen molar-refractivity contribution in [2.45, 2.75) is 32.9 Å². The normalized spacial score (nSPS) is 20.1. The molecule has 1 aliphatic heterocycles. The quantitative estimate of drug-likeness (QED) is 0.830. The number of rotatable bonds is 4. The number of nitrogens with zero attached hydrogens (tertiary/aromatic N) is 3. The third kappa shape index (κ3) is 3.45. The number of aromatic nitrogens is 1. The molecule has 4 nitrogen and oxygen atoms in total. The first-order valence-corrected chi connectivity index (χ1v) is 7.09. The van der Waals surface area contributed by atoms with E-state index in [1.807, 2.05) is 0 Å². The number of anilines is 1. The van der Waals surface area contributed by atoms with Gasteiger partial charge in [0.1, 0.15) is 0 Å². The van der Waals surface area contributed by atoms with E-state index in [2.05, 4.69) is 49.9 Å². The Morgan fingerprint density at radius 3 is 2.84 bits per heavy atom. The summed E-state index contributed by atoms with van der Waals surface area (Å²) in [7, 11) is 4.18. The highest BCUT2D eigenvalue weighted by Crippen LogP contribution is 2.24. The number of hydrogen-bond acceptors (Lipinski definition) is 4. The zero-order chi connectivity index (χ0) is 13.8. The molecule has 1 aromatic heterocycles. The zero-order valence-corrected chi connectivity index (χ0v) is 12.5. The van der Waals surface area contributed by atoms with Crippen LogP contribution < -0.4 is 4.90 Å². The molecule has 0 radical (unpaired) electrons. The van der Waals surface area contributed by atoms with Crippen LogP contribution in [0.5, 0.6) is 0 Å². The predicted octanol–water partition coefficient (Wildman–Crippen LogP) is 1.93. The van der Waals surface area contributed by atoms with Crippen molar-refractivity contribution in [3.8, 4) is 0 Å². The maximum absolute atomic E-state index is 5.53. The molecule has 0 aromatic carbocycles. The Kier molecular flexibility index (Phi) is 4.77. The lowest BCUT2D eigenvalue weighted by atomic mass is 10.1. The number of ether oxygens (including phenoxy) is 1. The topological polar surface area (TPSA) is 28.6 Å². The summed E-state index contributed by atoms with van der Waals surface area (Å²) in [5.74, 6) is 0. The molecule has 0 saturated carbocycles. The zero-order valence-electron chi connectivity index (χ0n) is 12.5. The summed E-state index contributed by atoms with van der Waals surface area (Å²) >= 11 is 0. The van der Waals surface area contributed by atoms with Gasteiger partial charge in [-0.1, -0.05) is 6.92 Å². The molecule has 2 heterocycles. The molecule has 0 bridgehead atoms.